The Kier molecular flexibility index (Phi) is 6.20. The van der Waals surface area contributed by atoms with Gasteiger partial charge in [0.1, 0.15) is 0 Å². The van der Waals surface area contributed by atoms with E-state index in [4.69, 9.17) is 0 Å². The number of likely N-dealkylation sites (N-methyl/N-ethyl adjacent to an activating group) is 1. The lowest BCUT2D eigenvalue weighted by Crippen LogP contribution is -2.49. The first-order chi connectivity index (χ1) is 10.8. The molecule has 1 N–H and O–H groups in total. The first-order valence-electron chi connectivity index (χ1n) is 7.91. The molecule has 0 aliphatic carbocycles. The van der Waals surface area contributed by atoms with Gasteiger partial charge in [-0.1, -0.05) is 54.6 Å². The molecule has 23 heavy (non-hydrogen) atoms. The van der Waals surface area contributed by atoms with Crippen LogP contribution in [0.4, 0.5) is 0 Å². The molecule has 2 aromatic carbocycles. The summed E-state index contributed by atoms with van der Waals surface area (Å²) < 4.78 is 0. The standard InChI is InChI=1S/C19H22N2O.ClH/c1-2-21(14-15-8-4-3-5-9-15)19(22)18-12-16-10-6-7-11-17(16)13-20-18;/h3-11,18,20H,2,12-14H2,1H3;1H. The third-order valence-corrected chi connectivity index (χ3v) is 4.29. The molecule has 0 spiro atoms. The van der Waals surface area contributed by atoms with E-state index in [-0.39, 0.29) is 24.4 Å². The van der Waals surface area contributed by atoms with Gasteiger partial charge in [-0.3, -0.25) is 4.79 Å². The van der Waals surface area contributed by atoms with Crippen molar-refractivity contribution in [3.8, 4) is 0 Å². The van der Waals surface area contributed by atoms with Crippen LogP contribution in [0.3, 0.4) is 0 Å². The Labute approximate surface area is 144 Å². The van der Waals surface area contributed by atoms with Crippen molar-refractivity contribution < 1.29 is 4.79 Å². The van der Waals surface area contributed by atoms with Gasteiger partial charge in [0, 0.05) is 19.6 Å². The largest absolute Gasteiger partial charge is 0.337 e. The minimum absolute atomic E-state index is 0. The van der Waals surface area contributed by atoms with Crippen molar-refractivity contribution in [2.75, 3.05) is 6.54 Å². The van der Waals surface area contributed by atoms with Crippen LogP contribution >= 0.6 is 12.4 Å². The van der Waals surface area contributed by atoms with Crippen LogP contribution in [0.5, 0.6) is 0 Å². The first kappa shape index (κ1) is 17.5. The number of hydrogen-bond donors (Lipinski definition) is 1. The Bertz CT molecular complexity index is 641. The Morgan fingerprint density at radius 2 is 1.74 bits per heavy atom. The Morgan fingerprint density at radius 3 is 2.43 bits per heavy atom. The van der Waals surface area contributed by atoms with E-state index in [1.54, 1.807) is 0 Å². The van der Waals surface area contributed by atoms with Crippen molar-refractivity contribution in [2.24, 2.45) is 0 Å². The van der Waals surface area contributed by atoms with Crippen LogP contribution in [-0.2, 0) is 24.3 Å². The molecule has 1 atom stereocenters. The van der Waals surface area contributed by atoms with E-state index in [0.717, 1.165) is 19.5 Å². The maximum atomic E-state index is 12.8. The second-order valence-electron chi connectivity index (χ2n) is 5.74. The maximum Gasteiger partial charge on any atom is 0.240 e. The van der Waals surface area contributed by atoms with Crippen LogP contribution in [0, 0.1) is 0 Å². The van der Waals surface area contributed by atoms with Crippen molar-refractivity contribution in [2.45, 2.75) is 32.5 Å². The molecule has 0 aromatic heterocycles. The molecule has 1 aliphatic rings. The molecule has 122 valence electrons. The summed E-state index contributed by atoms with van der Waals surface area (Å²) in [5.74, 6) is 0.195. The normalized spacial score (nSPS) is 16.1. The fraction of sp³-hybridized carbons (Fsp3) is 0.316. The molecular weight excluding hydrogens is 308 g/mol. The highest BCUT2D eigenvalue weighted by Gasteiger charge is 2.27. The van der Waals surface area contributed by atoms with Gasteiger partial charge >= 0.3 is 0 Å². The quantitative estimate of drug-likeness (QED) is 0.934. The van der Waals surface area contributed by atoms with E-state index in [1.807, 2.05) is 36.1 Å². The number of fused-ring (bicyclic) bond motifs is 1. The average Bonchev–Trinajstić information content (AvgIpc) is 2.59. The van der Waals surface area contributed by atoms with Crippen LogP contribution in [0.15, 0.2) is 54.6 Å². The zero-order valence-corrected chi connectivity index (χ0v) is 14.2. The molecule has 3 rings (SSSR count). The van der Waals surface area contributed by atoms with E-state index in [9.17, 15) is 4.79 Å². The average molecular weight is 331 g/mol. The minimum atomic E-state index is -0.112. The van der Waals surface area contributed by atoms with Crippen molar-refractivity contribution >= 4 is 18.3 Å². The molecule has 4 heteroatoms. The second kappa shape index (κ2) is 8.14. The number of nitrogens with one attached hydrogen (secondary N) is 1. The molecule has 1 aliphatic heterocycles. The van der Waals surface area contributed by atoms with Crippen LogP contribution < -0.4 is 5.32 Å². The highest BCUT2D eigenvalue weighted by molar-refractivity contribution is 5.85. The third kappa shape index (κ3) is 4.12. The lowest BCUT2D eigenvalue weighted by molar-refractivity contribution is -0.134. The third-order valence-electron chi connectivity index (χ3n) is 4.29. The first-order valence-corrected chi connectivity index (χ1v) is 7.91. The van der Waals surface area contributed by atoms with E-state index in [2.05, 4.69) is 35.6 Å². The molecule has 3 nitrogen and oxygen atoms in total. The maximum absolute atomic E-state index is 12.8. The summed E-state index contributed by atoms with van der Waals surface area (Å²) in [4.78, 5) is 14.7. The summed E-state index contributed by atoms with van der Waals surface area (Å²) in [5, 5.41) is 3.38. The van der Waals surface area contributed by atoms with Gasteiger partial charge in [-0.05, 0) is 30.0 Å². The van der Waals surface area contributed by atoms with Gasteiger partial charge in [0.2, 0.25) is 5.91 Å². The molecule has 0 bridgehead atoms. The zero-order chi connectivity index (χ0) is 15.4. The molecule has 0 radical (unpaired) electrons. The number of carbonyl (C=O) groups excluding carboxylic acids is 1. The lowest BCUT2D eigenvalue weighted by atomic mass is 9.95. The number of benzene rings is 2. The molecule has 0 saturated heterocycles. The Balaban J connectivity index is 0.00000192. The number of amides is 1. The lowest BCUT2D eigenvalue weighted by Gasteiger charge is -2.30. The van der Waals surface area contributed by atoms with E-state index in [0.29, 0.717) is 6.54 Å². The number of rotatable bonds is 4. The van der Waals surface area contributed by atoms with Gasteiger partial charge in [0.05, 0.1) is 6.04 Å². The van der Waals surface area contributed by atoms with Gasteiger partial charge in [-0.15, -0.1) is 12.4 Å². The summed E-state index contributed by atoms with van der Waals surface area (Å²) >= 11 is 0. The zero-order valence-electron chi connectivity index (χ0n) is 13.4. The van der Waals surface area contributed by atoms with Crippen LogP contribution in [0.2, 0.25) is 0 Å². The number of hydrogen-bond acceptors (Lipinski definition) is 2. The van der Waals surface area contributed by atoms with E-state index >= 15 is 0 Å². The predicted molar refractivity (Wildman–Crippen MR) is 95.6 cm³/mol. The van der Waals surface area contributed by atoms with Crippen LogP contribution in [-0.4, -0.2) is 23.4 Å². The second-order valence-corrected chi connectivity index (χ2v) is 5.74. The fourth-order valence-electron chi connectivity index (χ4n) is 3.00. The Hall–Kier alpha value is -1.84. The molecule has 1 amide bonds. The molecule has 1 heterocycles. The molecule has 1 unspecified atom stereocenters. The van der Waals surface area contributed by atoms with Gasteiger partial charge in [-0.2, -0.15) is 0 Å². The van der Waals surface area contributed by atoms with Gasteiger partial charge in [-0.25, -0.2) is 0 Å². The van der Waals surface area contributed by atoms with Gasteiger partial charge in [0.25, 0.3) is 0 Å². The summed E-state index contributed by atoms with van der Waals surface area (Å²) in [7, 11) is 0. The highest BCUT2D eigenvalue weighted by atomic mass is 35.5. The smallest absolute Gasteiger partial charge is 0.240 e. The summed E-state index contributed by atoms with van der Waals surface area (Å²) in [6.07, 6.45) is 0.778. The monoisotopic (exact) mass is 330 g/mol. The summed E-state index contributed by atoms with van der Waals surface area (Å²) in [5.41, 5.74) is 3.77. The number of halogens is 1. The molecular formula is C19H23ClN2O. The molecule has 0 saturated carbocycles. The SMILES string of the molecule is CCN(Cc1ccccc1)C(=O)C1Cc2ccccc2CN1.Cl. The fourth-order valence-corrected chi connectivity index (χ4v) is 3.00. The van der Waals surface area contributed by atoms with Crippen LogP contribution in [0.25, 0.3) is 0 Å². The van der Waals surface area contributed by atoms with Crippen molar-refractivity contribution in [1.29, 1.82) is 0 Å². The molecule has 2 aromatic rings. The predicted octanol–water partition coefficient (Wildman–Crippen LogP) is 3.17. The number of nitrogens with zero attached hydrogens (tertiary/aromatic N) is 1. The summed E-state index contributed by atoms with van der Waals surface area (Å²) in [6, 6.07) is 18.4. The van der Waals surface area contributed by atoms with E-state index in [1.165, 1.54) is 16.7 Å². The molecule has 0 fully saturated rings. The van der Waals surface area contributed by atoms with Crippen molar-refractivity contribution in [3.05, 3.63) is 71.3 Å². The number of carbonyl (C=O) groups is 1. The van der Waals surface area contributed by atoms with Gasteiger partial charge in [0.15, 0.2) is 0 Å². The van der Waals surface area contributed by atoms with Crippen molar-refractivity contribution in [1.82, 2.24) is 10.2 Å². The topological polar surface area (TPSA) is 32.3 Å². The highest BCUT2D eigenvalue weighted by Crippen LogP contribution is 2.18. The van der Waals surface area contributed by atoms with Crippen molar-refractivity contribution in [3.63, 3.8) is 0 Å². The Morgan fingerprint density at radius 1 is 1.09 bits per heavy atom. The van der Waals surface area contributed by atoms with E-state index < -0.39 is 0 Å². The van der Waals surface area contributed by atoms with Gasteiger partial charge < -0.3 is 10.2 Å². The summed E-state index contributed by atoms with van der Waals surface area (Å²) in [6.45, 7) is 4.22. The minimum Gasteiger partial charge on any atom is -0.337 e. The van der Waals surface area contributed by atoms with Crippen LogP contribution in [0.1, 0.15) is 23.6 Å².